The number of hydrogen-bond donors (Lipinski definition) is 1. The zero-order chi connectivity index (χ0) is 14.7. The van der Waals surface area contributed by atoms with Crippen molar-refractivity contribution >= 4 is 5.69 Å². The SMILES string of the molecule is Cc1cc([N+](=O)[O-])ccc1Oc1c(F)cccc1CO. The molecule has 0 radical (unpaired) electrons. The summed E-state index contributed by atoms with van der Waals surface area (Å²) in [7, 11) is 0. The summed E-state index contributed by atoms with van der Waals surface area (Å²) in [6, 6.07) is 8.25. The van der Waals surface area contributed by atoms with Gasteiger partial charge in [-0.15, -0.1) is 0 Å². The van der Waals surface area contributed by atoms with Crippen LogP contribution in [-0.4, -0.2) is 10.0 Å². The molecule has 0 unspecified atom stereocenters. The van der Waals surface area contributed by atoms with Crippen LogP contribution in [0.4, 0.5) is 10.1 Å². The van der Waals surface area contributed by atoms with E-state index in [4.69, 9.17) is 4.74 Å². The van der Waals surface area contributed by atoms with Crippen LogP contribution in [0.5, 0.6) is 11.5 Å². The zero-order valence-corrected chi connectivity index (χ0v) is 10.7. The highest BCUT2D eigenvalue weighted by atomic mass is 19.1. The highest BCUT2D eigenvalue weighted by Gasteiger charge is 2.14. The number of benzene rings is 2. The number of hydrogen-bond acceptors (Lipinski definition) is 4. The van der Waals surface area contributed by atoms with E-state index in [2.05, 4.69) is 0 Å². The summed E-state index contributed by atoms with van der Waals surface area (Å²) in [5.41, 5.74) is 0.750. The van der Waals surface area contributed by atoms with Gasteiger partial charge in [-0.2, -0.15) is 0 Å². The molecule has 0 aliphatic carbocycles. The number of aryl methyl sites for hydroxylation is 1. The van der Waals surface area contributed by atoms with Crippen molar-refractivity contribution in [1.82, 2.24) is 0 Å². The lowest BCUT2D eigenvalue weighted by Gasteiger charge is -2.12. The monoisotopic (exact) mass is 277 g/mol. The zero-order valence-electron chi connectivity index (χ0n) is 10.7. The van der Waals surface area contributed by atoms with E-state index in [1.54, 1.807) is 13.0 Å². The maximum atomic E-state index is 13.7. The first kappa shape index (κ1) is 14.0. The van der Waals surface area contributed by atoms with Crippen LogP contribution in [0.25, 0.3) is 0 Å². The Morgan fingerprint density at radius 1 is 1.35 bits per heavy atom. The first-order valence-electron chi connectivity index (χ1n) is 5.84. The van der Waals surface area contributed by atoms with Crippen molar-refractivity contribution in [3.63, 3.8) is 0 Å². The van der Waals surface area contributed by atoms with Gasteiger partial charge in [0.15, 0.2) is 11.6 Å². The second kappa shape index (κ2) is 5.66. The Hall–Kier alpha value is -2.47. The molecule has 6 heteroatoms. The number of halogens is 1. The Morgan fingerprint density at radius 2 is 2.10 bits per heavy atom. The molecule has 5 nitrogen and oxygen atoms in total. The van der Waals surface area contributed by atoms with Gasteiger partial charge in [-0.3, -0.25) is 10.1 Å². The Kier molecular flexibility index (Phi) is 3.95. The first-order chi connectivity index (χ1) is 9.52. The predicted octanol–water partition coefficient (Wildman–Crippen LogP) is 3.33. The van der Waals surface area contributed by atoms with E-state index in [9.17, 15) is 19.6 Å². The lowest BCUT2D eigenvalue weighted by atomic mass is 10.2. The van der Waals surface area contributed by atoms with Gasteiger partial charge < -0.3 is 9.84 Å². The van der Waals surface area contributed by atoms with Crippen molar-refractivity contribution in [2.45, 2.75) is 13.5 Å². The van der Waals surface area contributed by atoms with Crippen LogP contribution in [0.1, 0.15) is 11.1 Å². The molecule has 0 spiro atoms. The maximum absolute atomic E-state index is 13.7. The lowest BCUT2D eigenvalue weighted by molar-refractivity contribution is -0.384. The van der Waals surface area contributed by atoms with Gasteiger partial charge >= 0.3 is 0 Å². The Labute approximate surface area is 114 Å². The van der Waals surface area contributed by atoms with Gasteiger partial charge in [-0.25, -0.2) is 4.39 Å². The number of non-ortho nitro benzene ring substituents is 1. The quantitative estimate of drug-likeness (QED) is 0.687. The highest BCUT2D eigenvalue weighted by Crippen LogP contribution is 2.32. The lowest BCUT2D eigenvalue weighted by Crippen LogP contribution is -1.97. The van der Waals surface area contributed by atoms with E-state index in [0.29, 0.717) is 16.9 Å². The number of rotatable bonds is 4. The number of nitrogens with zero attached hydrogens (tertiary/aromatic N) is 1. The molecule has 20 heavy (non-hydrogen) atoms. The third-order valence-corrected chi connectivity index (χ3v) is 2.80. The molecule has 0 aliphatic heterocycles. The number of para-hydroxylation sites is 1. The first-order valence-corrected chi connectivity index (χ1v) is 5.84. The minimum Gasteiger partial charge on any atom is -0.454 e. The Balaban J connectivity index is 2.38. The van der Waals surface area contributed by atoms with Gasteiger partial charge in [-0.05, 0) is 24.6 Å². The molecule has 0 saturated heterocycles. The number of nitro groups is 1. The van der Waals surface area contributed by atoms with Crippen LogP contribution < -0.4 is 4.74 Å². The summed E-state index contributed by atoms with van der Waals surface area (Å²) in [4.78, 5) is 10.1. The van der Waals surface area contributed by atoms with Crippen molar-refractivity contribution < 1.29 is 19.2 Å². The fourth-order valence-electron chi connectivity index (χ4n) is 1.76. The summed E-state index contributed by atoms with van der Waals surface area (Å²) in [5, 5.41) is 19.8. The minimum absolute atomic E-state index is 0.0641. The maximum Gasteiger partial charge on any atom is 0.269 e. The molecule has 0 heterocycles. The largest absolute Gasteiger partial charge is 0.454 e. The summed E-state index contributed by atoms with van der Waals surface area (Å²) in [6.07, 6.45) is 0. The highest BCUT2D eigenvalue weighted by molar-refractivity contribution is 5.46. The van der Waals surface area contributed by atoms with Crippen LogP contribution in [0.2, 0.25) is 0 Å². The van der Waals surface area contributed by atoms with Crippen molar-refractivity contribution in [2.24, 2.45) is 0 Å². The molecular formula is C14H12FNO4. The Morgan fingerprint density at radius 3 is 2.70 bits per heavy atom. The molecule has 0 aliphatic rings. The third-order valence-electron chi connectivity index (χ3n) is 2.80. The van der Waals surface area contributed by atoms with E-state index < -0.39 is 10.7 Å². The summed E-state index contributed by atoms with van der Waals surface area (Å²) >= 11 is 0. The smallest absolute Gasteiger partial charge is 0.269 e. The fraction of sp³-hybridized carbons (Fsp3) is 0.143. The van der Waals surface area contributed by atoms with Crippen LogP contribution in [0, 0.1) is 22.9 Å². The Bertz CT molecular complexity index is 658. The molecule has 2 aromatic carbocycles. The molecule has 1 N–H and O–H groups in total. The standard InChI is InChI=1S/C14H12FNO4/c1-9-7-11(16(18)19)5-6-13(9)20-14-10(8-17)3-2-4-12(14)15/h2-7,17H,8H2,1H3. The summed E-state index contributed by atoms with van der Waals surface area (Å²) in [5.74, 6) is -0.378. The predicted molar refractivity (Wildman–Crippen MR) is 70.2 cm³/mol. The van der Waals surface area contributed by atoms with Gasteiger partial charge in [0.2, 0.25) is 0 Å². The number of ether oxygens (including phenoxy) is 1. The van der Waals surface area contributed by atoms with E-state index >= 15 is 0 Å². The van der Waals surface area contributed by atoms with Gasteiger partial charge in [0, 0.05) is 17.7 Å². The van der Waals surface area contributed by atoms with Gasteiger partial charge in [-0.1, -0.05) is 12.1 Å². The number of nitro benzene ring substituents is 1. The molecule has 104 valence electrons. The second-order valence-electron chi connectivity index (χ2n) is 4.20. The van der Waals surface area contributed by atoms with Gasteiger partial charge in [0.05, 0.1) is 11.5 Å². The fourth-order valence-corrected chi connectivity index (χ4v) is 1.76. The van der Waals surface area contributed by atoms with Crippen LogP contribution in [0.15, 0.2) is 36.4 Å². The van der Waals surface area contributed by atoms with Gasteiger partial charge in [0.25, 0.3) is 5.69 Å². The number of aliphatic hydroxyl groups is 1. The van der Waals surface area contributed by atoms with Crippen molar-refractivity contribution in [3.05, 3.63) is 63.5 Å². The molecule has 0 saturated carbocycles. The van der Waals surface area contributed by atoms with E-state index in [1.807, 2.05) is 0 Å². The van der Waals surface area contributed by atoms with Crippen LogP contribution in [0.3, 0.4) is 0 Å². The van der Waals surface area contributed by atoms with Crippen molar-refractivity contribution in [1.29, 1.82) is 0 Å². The van der Waals surface area contributed by atoms with Crippen molar-refractivity contribution in [3.8, 4) is 11.5 Å². The second-order valence-corrected chi connectivity index (χ2v) is 4.20. The van der Waals surface area contributed by atoms with Crippen LogP contribution >= 0.6 is 0 Å². The molecule has 0 aromatic heterocycles. The van der Waals surface area contributed by atoms with Crippen molar-refractivity contribution in [2.75, 3.05) is 0 Å². The van der Waals surface area contributed by atoms with Gasteiger partial charge in [0.1, 0.15) is 5.75 Å². The molecule has 0 amide bonds. The third kappa shape index (κ3) is 2.75. The normalized spacial score (nSPS) is 10.3. The summed E-state index contributed by atoms with van der Waals surface area (Å²) < 4.78 is 19.2. The molecule has 2 rings (SSSR count). The van der Waals surface area contributed by atoms with Crippen LogP contribution in [-0.2, 0) is 6.61 Å². The average molecular weight is 277 g/mol. The molecule has 0 atom stereocenters. The molecule has 0 fully saturated rings. The van der Waals surface area contributed by atoms with E-state index in [1.165, 1.54) is 30.3 Å². The summed E-state index contributed by atoms with van der Waals surface area (Å²) in [6.45, 7) is 1.26. The minimum atomic E-state index is -0.602. The molecule has 0 bridgehead atoms. The van der Waals surface area contributed by atoms with E-state index in [-0.39, 0.29) is 18.0 Å². The average Bonchev–Trinajstić information content (AvgIpc) is 2.42. The molecule has 2 aromatic rings. The molecular weight excluding hydrogens is 265 g/mol. The van der Waals surface area contributed by atoms with E-state index in [0.717, 1.165) is 0 Å². The topological polar surface area (TPSA) is 72.6 Å². The number of aliphatic hydroxyl groups excluding tert-OH is 1.